The Morgan fingerprint density at radius 2 is 1.91 bits per heavy atom. The summed E-state index contributed by atoms with van der Waals surface area (Å²) in [6.07, 6.45) is 1.05. The molecule has 1 aromatic heterocycles. The van der Waals surface area contributed by atoms with Crippen molar-refractivity contribution < 1.29 is 9.90 Å². The van der Waals surface area contributed by atoms with Crippen LogP contribution in [0.5, 0.6) is 0 Å². The molecular formula is C22H20Cl3N5O2. The summed E-state index contributed by atoms with van der Waals surface area (Å²) in [7, 11) is 0. The fourth-order valence-corrected chi connectivity index (χ4v) is 3.99. The number of allylic oxidation sites excluding steroid dienone is 1. The van der Waals surface area contributed by atoms with Crippen LogP contribution < -0.4 is 10.6 Å². The first-order valence-corrected chi connectivity index (χ1v) is 11.1. The standard InChI is InChI=1S/C22H20Cl3N5O2/c1-12-19(21(32)27-15-7-5-14(23)6-8-15)20(13-4-9-16(24)17(25)11-13)30-22(26-12)28-18(29-30)3-2-10-31/h4-9,11,20,31H,2-3,10H2,1H3,(H,27,32)(H,26,28,29)/t20-/m1/s1. The van der Waals surface area contributed by atoms with Crippen LogP contribution in [0.15, 0.2) is 53.7 Å². The summed E-state index contributed by atoms with van der Waals surface area (Å²) >= 11 is 18.4. The smallest absolute Gasteiger partial charge is 0.255 e. The van der Waals surface area contributed by atoms with Gasteiger partial charge < -0.3 is 15.7 Å². The molecule has 0 fully saturated rings. The number of aromatic nitrogens is 3. The Kier molecular flexibility index (Phi) is 6.71. The normalized spacial score (nSPS) is 15.3. The van der Waals surface area contributed by atoms with E-state index in [1.54, 1.807) is 41.1 Å². The second kappa shape index (κ2) is 9.50. The average Bonchev–Trinajstić information content (AvgIpc) is 3.17. The van der Waals surface area contributed by atoms with E-state index in [2.05, 4.69) is 20.7 Å². The highest BCUT2D eigenvalue weighted by Crippen LogP contribution is 2.37. The van der Waals surface area contributed by atoms with Crippen molar-refractivity contribution in [1.29, 1.82) is 0 Å². The molecule has 1 aliphatic heterocycles. The number of anilines is 2. The van der Waals surface area contributed by atoms with Crippen LogP contribution in [0, 0.1) is 0 Å². The Bertz CT molecular complexity index is 1190. The number of hydrogen-bond acceptors (Lipinski definition) is 5. The summed E-state index contributed by atoms with van der Waals surface area (Å²) in [5.74, 6) is 0.778. The quantitative estimate of drug-likeness (QED) is 0.446. The third kappa shape index (κ3) is 4.61. The van der Waals surface area contributed by atoms with Gasteiger partial charge in [0.05, 0.1) is 15.6 Å². The second-order valence-electron chi connectivity index (χ2n) is 7.32. The summed E-state index contributed by atoms with van der Waals surface area (Å²) in [6.45, 7) is 1.85. The van der Waals surface area contributed by atoms with E-state index in [0.29, 0.717) is 56.6 Å². The Balaban J connectivity index is 1.77. The Labute approximate surface area is 200 Å². The van der Waals surface area contributed by atoms with Gasteiger partial charge in [-0.25, -0.2) is 4.68 Å². The number of hydrogen-bond donors (Lipinski definition) is 3. The molecule has 7 nitrogen and oxygen atoms in total. The van der Waals surface area contributed by atoms with Gasteiger partial charge in [-0.3, -0.25) is 4.79 Å². The highest BCUT2D eigenvalue weighted by Gasteiger charge is 2.34. The molecule has 0 bridgehead atoms. The zero-order valence-electron chi connectivity index (χ0n) is 17.1. The first-order chi connectivity index (χ1) is 15.4. The van der Waals surface area contributed by atoms with Gasteiger partial charge in [0.2, 0.25) is 5.95 Å². The molecule has 0 aliphatic carbocycles. The van der Waals surface area contributed by atoms with Gasteiger partial charge in [0.1, 0.15) is 6.04 Å². The number of benzene rings is 2. The molecule has 166 valence electrons. The molecular weight excluding hydrogens is 473 g/mol. The van der Waals surface area contributed by atoms with E-state index in [-0.39, 0.29) is 12.5 Å². The van der Waals surface area contributed by atoms with Gasteiger partial charge in [-0.15, -0.1) is 0 Å². The summed E-state index contributed by atoms with van der Waals surface area (Å²) in [5, 5.41) is 21.2. The van der Waals surface area contributed by atoms with Crippen LogP contribution in [0.4, 0.5) is 11.6 Å². The molecule has 0 spiro atoms. The number of amides is 1. The van der Waals surface area contributed by atoms with Gasteiger partial charge in [0.15, 0.2) is 5.82 Å². The molecule has 0 saturated heterocycles. The molecule has 0 radical (unpaired) electrons. The Morgan fingerprint density at radius 1 is 1.16 bits per heavy atom. The number of fused-ring (bicyclic) bond motifs is 1. The molecule has 0 unspecified atom stereocenters. The van der Waals surface area contributed by atoms with Crippen molar-refractivity contribution in [1.82, 2.24) is 14.8 Å². The SMILES string of the molecule is CC1=C(C(=O)Nc2ccc(Cl)cc2)[C@@H](c2ccc(Cl)c(Cl)c2)n2nc(CCCO)nc2N1. The lowest BCUT2D eigenvalue weighted by Crippen LogP contribution is -2.31. The van der Waals surface area contributed by atoms with Crippen molar-refractivity contribution in [2.24, 2.45) is 0 Å². The fourth-order valence-electron chi connectivity index (χ4n) is 3.55. The van der Waals surface area contributed by atoms with Crippen molar-refractivity contribution in [2.45, 2.75) is 25.8 Å². The molecule has 3 N–H and O–H groups in total. The van der Waals surface area contributed by atoms with Crippen LogP contribution in [0.2, 0.25) is 15.1 Å². The third-order valence-corrected chi connectivity index (χ3v) is 6.05. The maximum Gasteiger partial charge on any atom is 0.255 e. The minimum absolute atomic E-state index is 0.0412. The van der Waals surface area contributed by atoms with Crippen molar-refractivity contribution in [3.8, 4) is 0 Å². The molecule has 1 aliphatic rings. The van der Waals surface area contributed by atoms with Crippen LogP contribution >= 0.6 is 34.8 Å². The lowest BCUT2D eigenvalue weighted by molar-refractivity contribution is -0.113. The number of aryl methyl sites for hydroxylation is 1. The van der Waals surface area contributed by atoms with Gasteiger partial charge in [-0.05, 0) is 55.3 Å². The van der Waals surface area contributed by atoms with Gasteiger partial charge in [0.25, 0.3) is 5.91 Å². The van der Waals surface area contributed by atoms with E-state index >= 15 is 0 Å². The van der Waals surface area contributed by atoms with Gasteiger partial charge >= 0.3 is 0 Å². The zero-order valence-corrected chi connectivity index (χ0v) is 19.3. The van der Waals surface area contributed by atoms with Crippen LogP contribution in [0.1, 0.15) is 30.8 Å². The predicted octanol–water partition coefficient (Wildman–Crippen LogP) is 5.09. The first-order valence-electron chi connectivity index (χ1n) is 9.93. The molecule has 32 heavy (non-hydrogen) atoms. The number of aliphatic hydroxyl groups excluding tert-OH is 1. The van der Waals surface area contributed by atoms with Crippen molar-refractivity contribution in [2.75, 3.05) is 17.2 Å². The maximum atomic E-state index is 13.4. The molecule has 10 heteroatoms. The van der Waals surface area contributed by atoms with Crippen molar-refractivity contribution in [3.63, 3.8) is 0 Å². The van der Waals surface area contributed by atoms with E-state index in [1.165, 1.54) is 0 Å². The molecule has 2 heterocycles. The fraction of sp³-hybridized carbons (Fsp3) is 0.227. The molecule has 4 rings (SSSR count). The van der Waals surface area contributed by atoms with Gasteiger partial charge in [0, 0.05) is 29.4 Å². The summed E-state index contributed by atoms with van der Waals surface area (Å²) < 4.78 is 1.66. The number of carbonyl (C=O) groups excluding carboxylic acids is 1. The highest BCUT2D eigenvalue weighted by molar-refractivity contribution is 6.42. The summed E-state index contributed by atoms with van der Waals surface area (Å²) in [5.41, 5.74) is 2.45. The Morgan fingerprint density at radius 3 is 2.59 bits per heavy atom. The van der Waals surface area contributed by atoms with E-state index in [1.807, 2.05) is 13.0 Å². The number of nitrogens with zero attached hydrogens (tertiary/aromatic N) is 3. The zero-order chi connectivity index (χ0) is 22.8. The summed E-state index contributed by atoms with van der Waals surface area (Å²) in [4.78, 5) is 17.9. The highest BCUT2D eigenvalue weighted by atomic mass is 35.5. The minimum Gasteiger partial charge on any atom is -0.396 e. The first kappa shape index (κ1) is 22.6. The lowest BCUT2D eigenvalue weighted by Gasteiger charge is -2.29. The third-order valence-electron chi connectivity index (χ3n) is 5.06. The number of rotatable bonds is 6. The number of carbonyl (C=O) groups is 1. The summed E-state index contributed by atoms with van der Waals surface area (Å²) in [6, 6.07) is 11.5. The molecule has 3 aromatic rings. The maximum absolute atomic E-state index is 13.4. The molecule has 1 atom stereocenters. The average molecular weight is 493 g/mol. The van der Waals surface area contributed by atoms with E-state index < -0.39 is 6.04 Å². The predicted molar refractivity (Wildman–Crippen MR) is 126 cm³/mol. The van der Waals surface area contributed by atoms with E-state index in [4.69, 9.17) is 39.9 Å². The number of halogens is 3. The van der Waals surface area contributed by atoms with E-state index in [0.717, 1.165) is 5.56 Å². The van der Waals surface area contributed by atoms with Gasteiger partial charge in [-0.2, -0.15) is 10.1 Å². The second-order valence-corrected chi connectivity index (χ2v) is 8.57. The largest absolute Gasteiger partial charge is 0.396 e. The topological polar surface area (TPSA) is 92.1 Å². The number of aliphatic hydroxyl groups is 1. The minimum atomic E-state index is -0.580. The number of nitrogens with one attached hydrogen (secondary N) is 2. The van der Waals surface area contributed by atoms with E-state index in [9.17, 15) is 4.79 Å². The Hall–Kier alpha value is -2.58. The van der Waals surface area contributed by atoms with Crippen molar-refractivity contribution >= 4 is 52.3 Å². The molecule has 0 saturated carbocycles. The van der Waals surface area contributed by atoms with Gasteiger partial charge in [-0.1, -0.05) is 40.9 Å². The lowest BCUT2D eigenvalue weighted by atomic mass is 9.95. The van der Waals surface area contributed by atoms with Crippen LogP contribution in [-0.4, -0.2) is 32.4 Å². The van der Waals surface area contributed by atoms with Crippen molar-refractivity contribution in [3.05, 3.63) is 80.2 Å². The monoisotopic (exact) mass is 491 g/mol. The van der Waals surface area contributed by atoms with Crippen LogP contribution in [0.3, 0.4) is 0 Å². The van der Waals surface area contributed by atoms with Crippen LogP contribution in [-0.2, 0) is 11.2 Å². The molecule has 1 amide bonds. The van der Waals surface area contributed by atoms with Crippen LogP contribution in [0.25, 0.3) is 0 Å². The molecule has 2 aromatic carbocycles.